The highest BCUT2D eigenvalue weighted by Crippen LogP contribution is 2.22. The molecule has 25 heavy (non-hydrogen) atoms. The Morgan fingerprint density at radius 1 is 1.28 bits per heavy atom. The number of carboxylic acid groups (broad SMARTS) is 1. The molecule has 1 aliphatic heterocycles. The molecule has 1 saturated heterocycles. The van der Waals surface area contributed by atoms with Crippen molar-refractivity contribution in [3.63, 3.8) is 0 Å². The van der Waals surface area contributed by atoms with Crippen molar-refractivity contribution < 1.29 is 19.5 Å². The van der Waals surface area contributed by atoms with Crippen LogP contribution in [0.2, 0.25) is 0 Å². The van der Waals surface area contributed by atoms with Crippen LogP contribution in [0.1, 0.15) is 49.0 Å². The molecule has 6 nitrogen and oxygen atoms in total. The smallest absolute Gasteiger partial charge is 0.305 e. The van der Waals surface area contributed by atoms with Crippen molar-refractivity contribution in [2.24, 2.45) is 5.92 Å². The fraction of sp³-hybridized carbons (Fsp3) is 0.526. The number of carbonyl (C=O) groups excluding carboxylic acids is 2. The van der Waals surface area contributed by atoms with Gasteiger partial charge in [0.1, 0.15) is 6.04 Å². The lowest BCUT2D eigenvalue weighted by molar-refractivity contribution is -0.140. The highest BCUT2D eigenvalue weighted by molar-refractivity contribution is 5.98. The van der Waals surface area contributed by atoms with E-state index in [1.54, 1.807) is 17.0 Å². The fourth-order valence-electron chi connectivity index (χ4n) is 3.28. The van der Waals surface area contributed by atoms with Crippen molar-refractivity contribution in [3.05, 3.63) is 35.4 Å². The van der Waals surface area contributed by atoms with Crippen LogP contribution >= 0.6 is 0 Å². The molecule has 0 aliphatic carbocycles. The van der Waals surface area contributed by atoms with Gasteiger partial charge in [0.15, 0.2) is 0 Å². The molecule has 1 aliphatic rings. The van der Waals surface area contributed by atoms with Crippen molar-refractivity contribution in [2.75, 3.05) is 6.54 Å². The first-order valence-corrected chi connectivity index (χ1v) is 8.70. The zero-order valence-corrected chi connectivity index (χ0v) is 15.0. The molecule has 2 unspecified atom stereocenters. The van der Waals surface area contributed by atoms with E-state index in [2.05, 4.69) is 5.32 Å². The molecule has 1 fully saturated rings. The highest BCUT2D eigenvalue weighted by atomic mass is 16.4. The molecule has 0 spiro atoms. The number of aryl methyl sites for hydroxylation is 1. The van der Waals surface area contributed by atoms with Gasteiger partial charge in [-0.3, -0.25) is 14.4 Å². The summed E-state index contributed by atoms with van der Waals surface area (Å²) < 4.78 is 0. The van der Waals surface area contributed by atoms with Gasteiger partial charge in [-0.1, -0.05) is 32.0 Å². The van der Waals surface area contributed by atoms with Crippen LogP contribution in [0.15, 0.2) is 24.3 Å². The lowest BCUT2D eigenvalue weighted by Crippen LogP contribution is -2.52. The Hall–Kier alpha value is -2.37. The largest absolute Gasteiger partial charge is 0.481 e. The Labute approximate surface area is 148 Å². The molecule has 6 heteroatoms. The van der Waals surface area contributed by atoms with Gasteiger partial charge in [0, 0.05) is 18.2 Å². The molecule has 2 N–H and O–H groups in total. The molecule has 2 atom stereocenters. The number of amides is 2. The topological polar surface area (TPSA) is 86.7 Å². The SMILES string of the molecule is Cc1ccccc1C(=O)NC(C(=O)N1CCCC1CC(=O)O)C(C)C. The molecule has 1 heterocycles. The van der Waals surface area contributed by atoms with E-state index in [-0.39, 0.29) is 30.2 Å². The third-order valence-electron chi connectivity index (χ3n) is 4.68. The summed E-state index contributed by atoms with van der Waals surface area (Å²) in [6.45, 7) is 6.15. The summed E-state index contributed by atoms with van der Waals surface area (Å²) in [5.74, 6) is -1.47. The van der Waals surface area contributed by atoms with Crippen LogP contribution in [-0.2, 0) is 9.59 Å². The van der Waals surface area contributed by atoms with Crippen LogP contribution in [0, 0.1) is 12.8 Å². The maximum atomic E-state index is 12.9. The molecular formula is C19H26N2O4. The molecule has 2 rings (SSSR count). The van der Waals surface area contributed by atoms with Crippen LogP contribution in [-0.4, -0.2) is 46.4 Å². The number of carboxylic acids is 1. The van der Waals surface area contributed by atoms with Crippen molar-refractivity contribution in [2.45, 2.75) is 52.1 Å². The van der Waals surface area contributed by atoms with Crippen LogP contribution in [0.3, 0.4) is 0 Å². The minimum absolute atomic E-state index is 0.0533. The van der Waals surface area contributed by atoms with Crippen molar-refractivity contribution in [3.8, 4) is 0 Å². The van der Waals surface area contributed by atoms with Gasteiger partial charge in [0.25, 0.3) is 5.91 Å². The van der Waals surface area contributed by atoms with E-state index in [0.717, 1.165) is 12.0 Å². The van der Waals surface area contributed by atoms with E-state index in [1.807, 2.05) is 32.9 Å². The summed E-state index contributed by atoms with van der Waals surface area (Å²) in [6.07, 6.45) is 1.43. The molecular weight excluding hydrogens is 320 g/mol. The molecule has 1 aromatic carbocycles. The number of likely N-dealkylation sites (tertiary alicyclic amines) is 1. The van der Waals surface area contributed by atoms with Gasteiger partial charge in [-0.2, -0.15) is 0 Å². The van der Waals surface area contributed by atoms with E-state index in [1.165, 1.54) is 0 Å². The number of hydrogen-bond donors (Lipinski definition) is 2. The van der Waals surface area contributed by atoms with E-state index < -0.39 is 12.0 Å². The van der Waals surface area contributed by atoms with Gasteiger partial charge >= 0.3 is 5.97 Å². The summed E-state index contributed by atoms with van der Waals surface area (Å²) >= 11 is 0. The van der Waals surface area contributed by atoms with Gasteiger partial charge < -0.3 is 15.3 Å². The number of rotatable bonds is 6. The summed E-state index contributed by atoms with van der Waals surface area (Å²) in [5, 5.41) is 11.9. The van der Waals surface area contributed by atoms with Crippen LogP contribution in [0.25, 0.3) is 0 Å². The van der Waals surface area contributed by atoms with Crippen molar-refractivity contribution >= 4 is 17.8 Å². The maximum absolute atomic E-state index is 12.9. The molecule has 0 bridgehead atoms. The van der Waals surface area contributed by atoms with Gasteiger partial charge in [-0.05, 0) is 37.3 Å². The second-order valence-corrected chi connectivity index (χ2v) is 6.94. The Morgan fingerprint density at radius 2 is 1.96 bits per heavy atom. The maximum Gasteiger partial charge on any atom is 0.305 e. The zero-order chi connectivity index (χ0) is 18.6. The molecule has 0 saturated carbocycles. The Bertz CT molecular complexity index is 657. The number of hydrogen-bond acceptors (Lipinski definition) is 3. The van der Waals surface area contributed by atoms with Gasteiger partial charge in [0.2, 0.25) is 5.91 Å². The minimum Gasteiger partial charge on any atom is -0.481 e. The second kappa shape index (κ2) is 8.14. The molecule has 136 valence electrons. The van der Waals surface area contributed by atoms with E-state index in [4.69, 9.17) is 5.11 Å². The Morgan fingerprint density at radius 3 is 2.56 bits per heavy atom. The predicted octanol–water partition coefficient (Wildman–Crippen LogP) is 2.22. The normalized spacial score (nSPS) is 18.2. The Balaban J connectivity index is 2.14. The second-order valence-electron chi connectivity index (χ2n) is 6.94. The third kappa shape index (κ3) is 4.59. The van der Waals surface area contributed by atoms with E-state index >= 15 is 0 Å². The number of nitrogens with one attached hydrogen (secondary N) is 1. The van der Waals surface area contributed by atoms with Crippen molar-refractivity contribution in [1.29, 1.82) is 0 Å². The number of benzene rings is 1. The van der Waals surface area contributed by atoms with Gasteiger partial charge in [0.05, 0.1) is 6.42 Å². The first kappa shape index (κ1) is 19.0. The predicted molar refractivity (Wildman–Crippen MR) is 94.3 cm³/mol. The average Bonchev–Trinajstić information content (AvgIpc) is 2.99. The quantitative estimate of drug-likeness (QED) is 0.827. The summed E-state index contributed by atoms with van der Waals surface area (Å²) in [7, 11) is 0. The first-order chi connectivity index (χ1) is 11.8. The summed E-state index contributed by atoms with van der Waals surface area (Å²) in [5.41, 5.74) is 1.39. The van der Waals surface area contributed by atoms with Gasteiger partial charge in [-0.25, -0.2) is 0 Å². The third-order valence-corrected chi connectivity index (χ3v) is 4.68. The summed E-state index contributed by atoms with van der Waals surface area (Å²) in [4.78, 5) is 38.2. The Kier molecular flexibility index (Phi) is 6.17. The number of carbonyl (C=O) groups is 3. The zero-order valence-electron chi connectivity index (χ0n) is 15.0. The minimum atomic E-state index is -0.908. The molecule has 2 amide bonds. The van der Waals surface area contributed by atoms with Crippen LogP contribution in [0.4, 0.5) is 0 Å². The number of nitrogens with zero attached hydrogens (tertiary/aromatic N) is 1. The fourth-order valence-corrected chi connectivity index (χ4v) is 3.28. The first-order valence-electron chi connectivity index (χ1n) is 8.70. The molecule has 0 aromatic heterocycles. The highest BCUT2D eigenvalue weighted by Gasteiger charge is 2.36. The standard InChI is InChI=1S/C19H26N2O4/c1-12(2)17(20-18(24)15-9-5-4-7-13(15)3)19(25)21-10-6-8-14(21)11-16(22)23/h4-5,7,9,12,14,17H,6,8,10-11H2,1-3H3,(H,20,24)(H,22,23). The van der Waals surface area contributed by atoms with Crippen LogP contribution < -0.4 is 5.32 Å². The average molecular weight is 346 g/mol. The summed E-state index contributed by atoms with van der Waals surface area (Å²) in [6, 6.07) is 6.28. The number of aliphatic carboxylic acids is 1. The van der Waals surface area contributed by atoms with E-state index in [0.29, 0.717) is 18.5 Å². The monoisotopic (exact) mass is 346 g/mol. The lowest BCUT2D eigenvalue weighted by Gasteiger charge is -2.30. The molecule has 1 aromatic rings. The van der Waals surface area contributed by atoms with Gasteiger partial charge in [-0.15, -0.1) is 0 Å². The van der Waals surface area contributed by atoms with E-state index in [9.17, 15) is 14.4 Å². The molecule has 0 radical (unpaired) electrons. The van der Waals surface area contributed by atoms with Crippen LogP contribution in [0.5, 0.6) is 0 Å². The lowest BCUT2D eigenvalue weighted by atomic mass is 10.0. The van der Waals surface area contributed by atoms with Crippen molar-refractivity contribution in [1.82, 2.24) is 10.2 Å².